The van der Waals surface area contributed by atoms with E-state index in [4.69, 9.17) is 4.74 Å². The lowest BCUT2D eigenvalue weighted by Crippen LogP contribution is -2.52. The highest BCUT2D eigenvalue weighted by atomic mass is 16.5. The predicted molar refractivity (Wildman–Crippen MR) is 99.2 cm³/mol. The zero-order valence-electron chi connectivity index (χ0n) is 16.3. The Balaban J connectivity index is 1.44. The van der Waals surface area contributed by atoms with Crippen molar-refractivity contribution >= 4 is 5.78 Å². The smallest absolute Gasteiger partial charge is 0.158 e. The summed E-state index contributed by atoms with van der Waals surface area (Å²) in [6, 6.07) is 0. The van der Waals surface area contributed by atoms with E-state index in [2.05, 4.69) is 20.8 Å². The number of Topliss-reactive ketones (excluding diaryl/α,β-unsaturated/α-hetero) is 1. The van der Waals surface area contributed by atoms with E-state index >= 15 is 0 Å². The van der Waals surface area contributed by atoms with Gasteiger partial charge in [0.15, 0.2) is 5.78 Å². The van der Waals surface area contributed by atoms with Gasteiger partial charge in [-0.1, -0.05) is 19.4 Å². The molecule has 4 fully saturated rings. The standard InChI is InChI=1S/C23H34O2/c1-14-17-7-6-16-18-8-9-21(25-15-4-5-15)23(18,3)12-10-19(16)22(17,2)13-11-20(14)24/h15-16,18-19,21H,4-13H2,1-3H3/t16-,18-,19+,21?,22-,23-/m0/s1. The Labute approximate surface area is 152 Å². The molecule has 6 atom stereocenters. The normalized spacial score (nSPS) is 49.6. The lowest BCUT2D eigenvalue weighted by atomic mass is 9.47. The van der Waals surface area contributed by atoms with Gasteiger partial charge in [0.05, 0.1) is 12.2 Å². The van der Waals surface area contributed by atoms with Crippen LogP contribution < -0.4 is 0 Å². The first-order chi connectivity index (χ1) is 11.9. The number of hydrogen-bond acceptors (Lipinski definition) is 2. The van der Waals surface area contributed by atoms with Crippen molar-refractivity contribution < 1.29 is 9.53 Å². The second-order valence-electron chi connectivity index (χ2n) is 10.3. The first kappa shape index (κ1) is 16.5. The van der Waals surface area contributed by atoms with Crippen molar-refractivity contribution in [1.29, 1.82) is 0 Å². The minimum Gasteiger partial charge on any atom is -0.374 e. The molecule has 1 unspecified atom stereocenters. The predicted octanol–water partition coefficient (Wildman–Crippen LogP) is 5.46. The number of hydrogen-bond donors (Lipinski definition) is 0. The summed E-state index contributed by atoms with van der Waals surface area (Å²) in [6.07, 6.45) is 13.4. The Morgan fingerprint density at radius 1 is 0.920 bits per heavy atom. The molecule has 0 aromatic carbocycles. The van der Waals surface area contributed by atoms with Crippen molar-refractivity contribution in [3.8, 4) is 0 Å². The van der Waals surface area contributed by atoms with E-state index in [0.717, 1.165) is 36.2 Å². The molecule has 0 amide bonds. The van der Waals surface area contributed by atoms with E-state index in [0.29, 0.717) is 28.8 Å². The summed E-state index contributed by atoms with van der Waals surface area (Å²) < 4.78 is 6.48. The van der Waals surface area contributed by atoms with E-state index in [1.807, 2.05) is 0 Å². The zero-order chi connectivity index (χ0) is 17.4. The van der Waals surface area contributed by atoms with Crippen LogP contribution in [0.1, 0.15) is 85.0 Å². The van der Waals surface area contributed by atoms with Gasteiger partial charge in [-0.15, -0.1) is 0 Å². The van der Waals surface area contributed by atoms with E-state index < -0.39 is 0 Å². The van der Waals surface area contributed by atoms with Crippen LogP contribution in [0, 0.1) is 28.6 Å². The average Bonchev–Trinajstić information content (AvgIpc) is 3.34. The maximum atomic E-state index is 12.3. The van der Waals surface area contributed by atoms with Gasteiger partial charge in [-0.25, -0.2) is 0 Å². The summed E-state index contributed by atoms with van der Waals surface area (Å²) in [6.45, 7) is 7.17. The minimum absolute atomic E-state index is 0.303. The fourth-order valence-electron chi connectivity index (χ4n) is 7.59. The van der Waals surface area contributed by atoms with Gasteiger partial charge < -0.3 is 4.74 Å². The number of ether oxygens (including phenoxy) is 1. The molecule has 0 aromatic rings. The maximum absolute atomic E-state index is 12.3. The second kappa shape index (κ2) is 5.44. The largest absolute Gasteiger partial charge is 0.374 e. The van der Waals surface area contributed by atoms with Crippen LogP contribution >= 0.6 is 0 Å². The van der Waals surface area contributed by atoms with E-state index in [-0.39, 0.29) is 0 Å². The highest BCUT2D eigenvalue weighted by Gasteiger charge is 2.60. The quantitative estimate of drug-likeness (QED) is 0.666. The number of carbonyl (C=O) groups is 1. The Hall–Kier alpha value is -0.630. The van der Waals surface area contributed by atoms with Gasteiger partial charge in [0.2, 0.25) is 0 Å². The molecule has 25 heavy (non-hydrogen) atoms. The van der Waals surface area contributed by atoms with Crippen LogP contribution in [0.15, 0.2) is 11.1 Å². The molecule has 0 heterocycles. The van der Waals surface area contributed by atoms with E-state index in [1.54, 1.807) is 0 Å². The topological polar surface area (TPSA) is 26.3 Å². The molecule has 4 saturated carbocycles. The van der Waals surface area contributed by atoms with Crippen LogP contribution in [-0.2, 0) is 9.53 Å². The SMILES string of the molecule is CC1=C2CC[C@@H]3[C@@H](CC[C@]4(C)C(OC5CC5)CC[C@@H]34)[C@@]2(C)CCC1=O. The lowest BCUT2D eigenvalue weighted by molar-refractivity contribution is -0.120. The number of allylic oxidation sites excluding steroid dienone is 1. The van der Waals surface area contributed by atoms with Crippen molar-refractivity contribution in [2.45, 2.75) is 97.2 Å². The summed E-state index contributed by atoms with van der Waals surface area (Å²) in [7, 11) is 0. The fraction of sp³-hybridized carbons (Fsp3) is 0.870. The number of carbonyl (C=O) groups excluding carboxylic acids is 1. The van der Waals surface area contributed by atoms with Crippen molar-refractivity contribution in [3.05, 3.63) is 11.1 Å². The molecule has 0 aromatic heterocycles. The monoisotopic (exact) mass is 342 g/mol. The van der Waals surface area contributed by atoms with Crippen molar-refractivity contribution in [1.82, 2.24) is 0 Å². The highest BCUT2D eigenvalue weighted by Crippen LogP contribution is 2.66. The molecule has 0 spiro atoms. The Kier molecular flexibility index (Phi) is 3.60. The molecule has 0 radical (unpaired) electrons. The summed E-state index contributed by atoms with van der Waals surface area (Å²) >= 11 is 0. The fourth-order valence-corrected chi connectivity index (χ4v) is 7.59. The summed E-state index contributed by atoms with van der Waals surface area (Å²) in [5.41, 5.74) is 3.39. The van der Waals surface area contributed by atoms with Crippen LogP contribution in [0.25, 0.3) is 0 Å². The number of ketones is 1. The van der Waals surface area contributed by atoms with Crippen LogP contribution in [-0.4, -0.2) is 18.0 Å². The molecule has 0 N–H and O–H groups in total. The maximum Gasteiger partial charge on any atom is 0.158 e. The van der Waals surface area contributed by atoms with Gasteiger partial charge in [0.1, 0.15) is 0 Å². The molecule has 5 aliphatic rings. The Bertz CT molecular complexity index is 630. The highest BCUT2D eigenvalue weighted by molar-refractivity contribution is 5.96. The molecule has 0 saturated heterocycles. The Morgan fingerprint density at radius 2 is 1.72 bits per heavy atom. The first-order valence-electron chi connectivity index (χ1n) is 10.8. The molecular weight excluding hydrogens is 308 g/mol. The van der Waals surface area contributed by atoms with Gasteiger partial charge in [-0.05, 0) is 98.9 Å². The van der Waals surface area contributed by atoms with Crippen LogP contribution in [0.3, 0.4) is 0 Å². The third-order valence-corrected chi connectivity index (χ3v) is 9.21. The molecule has 138 valence electrons. The van der Waals surface area contributed by atoms with Crippen molar-refractivity contribution in [3.63, 3.8) is 0 Å². The molecule has 0 bridgehead atoms. The van der Waals surface area contributed by atoms with Crippen molar-refractivity contribution in [2.24, 2.45) is 28.6 Å². The van der Waals surface area contributed by atoms with Crippen LogP contribution in [0.4, 0.5) is 0 Å². The van der Waals surface area contributed by atoms with Gasteiger partial charge >= 0.3 is 0 Å². The van der Waals surface area contributed by atoms with Gasteiger partial charge in [0, 0.05) is 6.42 Å². The molecule has 0 aliphatic heterocycles. The lowest BCUT2D eigenvalue weighted by Gasteiger charge is -2.58. The van der Waals surface area contributed by atoms with Gasteiger partial charge in [-0.2, -0.15) is 0 Å². The first-order valence-corrected chi connectivity index (χ1v) is 10.8. The molecular formula is C23H34O2. The third-order valence-electron chi connectivity index (χ3n) is 9.21. The molecule has 2 nitrogen and oxygen atoms in total. The van der Waals surface area contributed by atoms with Gasteiger partial charge in [0.25, 0.3) is 0 Å². The van der Waals surface area contributed by atoms with Crippen LogP contribution in [0.5, 0.6) is 0 Å². The van der Waals surface area contributed by atoms with E-state index in [1.165, 1.54) is 56.9 Å². The molecule has 2 heteroatoms. The molecule has 5 rings (SSSR count). The molecule has 5 aliphatic carbocycles. The number of fused-ring (bicyclic) bond motifs is 5. The third kappa shape index (κ3) is 2.28. The van der Waals surface area contributed by atoms with Gasteiger partial charge in [-0.3, -0.25) is 4.79 Å². The number of rotatable bonds is 2. The summed E-state index contributed by atoms with van der Waals surface area (Å²) in [5, 5.41) is 0. The Morgan fingerprint density at radius 3 is 2.48 bits per heavy atom. The van der Waals surface area contributed by atoms with E-state index in [9.17, 15) is 4.79 Å². The summed E-state index contributed by atoms with van der Waals surface area (Å²) in [5.74, 6) is 2.94. The summed E-state index contributed by atoms with van der Waals surface area (Å²) in [4.78, 5) is 12.3. The second-order valence-corrected chi connectivity index (χ2v) is 10.3. The van der Waals surface area contributed by atoms with Crippen molar-refractivity contribution in [2.75, 3.05) is 0 Å². The average molecular weight is 343 g/mol. The zero-order valence-corrected chi connectivity index (χ0v) is 16.3. The minimum atomic E-state index is 0.303. The van der Waals surface area contributed by atoms with Crippen LogP contribution in [0.2, 0.25) is 0 Å².